The number of aryl methyl sites for hydroxylation is 1. The third-order valence-electron chi connectivity index (χ3n) is 6.93. The molecule has 2 amide bonds. The molecule has 2 aliphatic heterocycles. The topological polar surface area (TPSA) is 58.2 Å². The monoisotopic (exact) mass is 414 g/mol. The summed E-state index contributed by atoms with van der Waals surface area (Å²) in [5.74, 6) is 1.77. The Bertz CT molecular complexity index is 694. The fourth-order valence-electron chi connectivity index (χ4n) is 4.83. The van der Waals surface area contributed by atoms with Crippen molar-refractivity contribution in [1.82, 2.24) is 10.6 Å². The minimum atomic E-state index is -0.187. The summed E-state index contributed by atoms with van der Waals surface area (Å²) in [5, 5.41) is 5.95. The van der Waals surface area contributed by atoms with Gasteiger partial charge in [-0.2, -0.15) is 0 Å². The van der Waals surface area contributed by atoms with Crippen LogP contribution in [0.3, 0.4) is 0 Å². The minimum Gasteiger partial charge on any atom is -0.317 e. The number of imide groups is 1. The second kappa shape index (κ2) is 12.2. The lowest BCUT2D eigenvalue weighted by atomic mass is 9.79. The van der Waals surface area contributed by atoms with E-state index in [9.17, 15) is 9.59 Å². The van der Waals surface area contributed by atoms with E-state index in [0.29, 0.717) is 18.8 Å². The summed E-state index contributed by atoms with van der Waals surface area (Å²) in [7, 11) is 0. The number of piperidine rings is 2. The third-order valence-corrected chi connectivity index (χ3v) is 6.93. The molecule has 2 fully saturated rings. The van der Waals surface area contributed by atoms with E-state index < -0.39 is 0 Å². The molecule has 0 aromatic heterocycles. The van der Waals surface area contributed by atoms with Crippen LogP contribution in [0.5, 0.6) is 0 Å². The van der Waals surface area contributed by atoms with Crippen LogP contribution in [-0.2, 0) is 22.4 Å². The molecule has 30 heavy (non-hydrogen) atoms. The average Bonchev–Trinajstić information content (AvgIpc) is 2.76. The molecule has 2 heterocycles. The number of carbonyl (C=O) groups excluding carboxylic acids is 2. The van der Waals surface area contributed by atoms with Crippen molar-refractivity contribution in [3.05, 3.63) is 34.9 Å². The summed E-state index contributed by atoms with van der Waals surface area (Å²) in [6, 6.07) is 6.55. The Balaban J connectivity index is 0.00000155. The highest BCUT2D eigenvalue weighted by molar-refractivity contribution is 6.00. The Hall–Kier alpha value is -1.68. The molecule has 2 N–H and O–H groups in total. The Morgan fingerprint density at radius 1 is 1.00 bits per heavy atom. The smallest absolute Gasteiger partial charge is 0.234 e. The Labute approximate surface area is 183 Å². The van der Waals surface area contributed by atoms with Crippen LogP contribution in [0.1, 0.15) is 89.3 Å². The van der Waals surface area contributed by atoms with Crippen LogP contribution in [0.4, 0.5) is 0 Å². The fraction of sp³-hybridized carbons (Fsp3) is 0.692. The molecule has 3 rings (SSSR count). The first kappa shape index (κ1) is 24.6. The number of rotatable bonds is 7. The van der Waals surface area contributed by atoms with Crippen molar-refractivity contribution in [3.8, 4) is 0 Å². The van der Waals surface area contributed by atoms with Crippen molar-refractivity contribution in [2.75, 3.05) is 13.1 Å². The first-order valence-corrected chi connectivity index (χ1v) is 12.1. The van der Waals surface area contributed by atoms with Gasteiger partial charge in [0.2, 0.25) is 11.8 Å². The Morgan fingerprint density at radius 3 is 2.33 bits per heavy atom. The SMILES string of the molecule is CC.CCc1cc(C2CCC(=O)NC2=O)ccc1CC(C)C(C)CC1CCNCC1. The summed E-state index contributed by atoms with van der Waals surface area (Å²) < 4.78 is 0. The molecule has 0 saturated carbocycles. The fourth-order valence-corrected chi connectivity index (χ4v) is 4.83. The highest BCUT2D eigenvalue weighted by Gasteiger charge is 2.28. The van der Waals surface area contributed by atoms with Gasteiger partial charge < -0.3 is 5.32 Å². The van der Waals surface area contributed by atoms with Gasteiger partial charge in [-0.05, 0) is 86.1 Å². The zero-order chi connectivity index (χ0) is 22.1. The minimum absolute atomic E-state index is 0.144. The molecule has 168 valence electrons. The molecular weight excluding hydrogens is 372 g/mol. The van der Waals surface area contributed by atoms with E-state index >= 15 is 0 Å². The number of amides is 2. The standard InChI is InChI=1S/C24H36N2O2.C2H6/c1-4-19-15-21(22-7-8-23(27)26-24(22)28)6-5-20(19)14-17(3)16(2)13-18-9-11-25-12-10-18;1-2/h5-6,15-18,22,25H,4,7-14H2,1-3H3,(H,26,27,28);1-2H3. The van der Waals surface area contributed by atoms with Gasteiger partial charge in [-0.3, -0.25) is 14.9 Å². The maximum atomic E-state index is 12.2. The van der Waals surface area contributed by atoms with Gasteiger partial charge >= 0.3 is 0 Å². The maximum absolute atomic E-state index is 12.2. The van der Waals surface area contributed by atoms with E-state index in [1.807, 2.05) is 13.8 Å². The second-order valence-electron chi connectivity index (χ2n) is 8.97. The van der Waals surface area contributed by atoms with Gasteiger partial charge in [-0.15, -0.1) is 0 Å². The largest absolute Gasteiger partial charge is 0.317 e. The first-order valence-electron chi connectivity index (χ1n) is 12.1. The summed E-state index contributed by atoms with van der Waals surface area (Å²) in [5.41, 5.74) is 3.83. The van der Waals surface area contributed by atoms with Crippen molar-refractivity contribution in [2.45, 2.75) is 85.5 Å². The van der Waals surface area contributed by atoms with E-state index in [1.165, 1.54) is 43.5 Å². The lowest BCUT2D eigenvalue weighted by Crippen LogP contribution is -2.39. The van der Waals surface area contributed by atoms with Crippen molar-refractivity contribution >= 4 is 11.8 Å². The van der Waals surface area contributed by atoms with Crippen LogP contribution < -0.4 is 10.6 Å². The van der Waals surface area contributed by atoms with Crippen molar-refractivity contribution < 1.29 is 9.59 Å². The van der Waals surface area contributed by atoms with E-state index in [2.05, 4.69) is 49.6 Å². The highest BCUT2D eigenvalue weighted by Crippen LogP contribution is 2.31. The average molecular weight is 415 g/mol. The van der Waals surface area contributed by atoms with Gasteiger partial charge in [0.05, 0.1) is 5.92 Å². The Kier molecular flexibility index (Phi) is 10.0. The molecule has 4 heteroatoms. The van der Waals surface area contributed by atoms with E-state index in [0.717, 1.165) is 30.2 Å². The van der Waals surface area contributed by atoms with Crippen LogP contribution in [0.2, 0.25) is 0 Å². The molecule has 2 aliphatic rings. The molecule has 3 atom stereocenters. The van der Waals surface area contributed by atoms with Crippen molar-refractivity contribution in [2.24, 2.45) is 17.8 Å². The quantitative estimate of drug-likeness (QED) is 0.617. The number of benzene rings is 1. The van der Waals surface area contributed by atoms with E-state index in [1.54, 1.807) is 0 Å². The van der Waals surface area contributed by atoms with Gasteiger partial charge in [0.15, 0.2) is 0 Å². The predicted octanol–water partition coefficient (Wildman–Crippen LogP) is 5.00. The number of hydrogen-bond acceptors (Lipinski definition) is 3. The zero-order valence-corrected chi connectivity index (χ0v) is 19.7. The van der Waals surface area contributed by atoms with Crippen molar-refractivity contribution in [3.63, 3.8) is 0 Å². The summed E-state index contributed by atoms with van der Waals surface area (Å²) in [6.07, 6.45) is 7.10. The molecule has 2 saturated heterocycles. The maximum Gasteiger partial charge on any atom is 0.234 e. The first-order chi connectivity index (χ1) is 14.5. The highest BCUT2D eigenvalue weighted by atomic mass is 16.2. The van der Waals surface area contributed by atoms with Crippen LogP contribution in [0, 0.1) is 17.8 Å². The molecule has 3 unspecified atom stereocenters. The van der Waals surface area contributed by atoms with Gasteiger partial charge in [0.1, 0.15) is 0 Å². The molecule has 0 bridgehead atoms. The normalized spacial score (nSPS) is 22.0. The van der Waals surface area contributed by atoms with Gasteiger partial charge in [0, 0.05) is 6.42 Å². The molecule has 0 aliphatic carbocycles. The number of hydrogen-bond donors (Lipinski definition) is 2. The molecule has 1 aromatic carbocycles. The molecule has 4 nitrogen and oxygen atoms in total. The number of nitrogens with one attached hydrogen (secondary N) is 2. The molecular formula is C26H42N2O2. The number of carbonyl (C=O) groups is 2. The van der Waals surface area contributed by atoms with Crippen LogP contribution in [0.15, 0.2) is 18.2 Å². The lowest BCUT2D eigenvalue weighted by molar-refractivity contribution is -0.134. The van der Waals surface area contributed by atoms with Gasteiger partial charge in [0.25, 0.3) is 0 Å². The predicted molar refractivity (Wildman–Crippen MR) is 125 cm³/mol. The van der Waals surface area contributed by atoms with E-state index in [4.69, 9.17) is 0 Å². The van der Waals surface area contributed by atoms with Crippen LogP contribution in [0.25, 0.3) is 0 Å². The van der Waals surface area contributed by atoms with Gasteiger partial charge in [-0.25, -0.2) is 0 Å². The summed E-state index contributed by atoms with van der Waals surface area (Å²) >= 11 is 0. The third kappa shape index (κ3) is 6.66. The van der Waals surface area contributed by atoms with Crippen molar-refractivity contribution in [1.29, 1.82) is 0 Å². The second-order valence-corrected chi connectivity index (χ2v) is 8.97. The zero-order valence-electron chi connectivity index (χ0n) is 19.7. The van der Waals surface area contributed by atoms with Crippen LogP contribution >= 0.6 is 0 Å². The van der Waals surface area contributed by atoms with Gasteiger partial charge in [-0.1, -0.05) is 52.8 Å². The summed E-state index contributed by atoms with van der Waals surface area (Å²) in [4.78, 5) is 23.6. The molecule has 0 radical (unpaired) electrons. The summed E-state index contributed by atoms with van der Waals surface area (Å²) in [6.45, 7) is 13.3. The van der Waals surface area contributed by atoms with E-state index in [-0.39, 0.29) is 17.7 Å². The molecule has 1 aromatic rings. The molecule has 0 spiro atoms. The van der Waals surface area contributed by atoms with Crippen LogP contribution in [-0.4, -0.2) is 24.9 Å². The Morgan fingerprint density at radius 2 is 1.70 bits per heavy atom. The lowest BCUT2D eigenvalue weighted by Gasteiger charge is -2.29.